The van der Waals surface area contributed by atoms with E-state index in [1.54, 1.807) is 7.05 Å². The third-order valence-electron chi connectivity index (χ3n) is 2.43. The molecule has 84 valence electrons. The van der Waals surface area contributed by atoms with E-state index in [-0.39, 0.29) is 11.5 Å². The maximum absolute atomic E-state index is 13.5. The summed E-state index contributed by atoms with van der Waals surface area (Å²) in [5.41, 5.74) is 0.388. The highest BCUT2D eigenvalue weighted by atomic mass is 19.1. The number of rotatable bonds is 2. The zero-order chi connectivity index (χ0) is 11.6. The molecule has 0 aliphatic heterocycles. The molecule has 1 rings (SSSR count). The monoisotopic (exact) mass is 213 g/mol. The molecule has 0 bridgehead atoms. The van der Waals surface area contributed by atoms with E-state index in [2.05, 4.69) is 5.32 Å². The summed E-state index contributed by atoms with van der Waals surface area (Å²) in [7, 11) is 1.78. The van der Waals surface area contributed by atoms with E-state index in [0.29, 0.717) is 5.56 Å². The molecule has 0 amide bonds. The molecule has 15 heavy (non-hydrogen) atoms. The van der Waals surface area contributed by atoms with Gasteiger partial charge in [-0.2, -0.15) is 0 Å². The number of nitrogens with one attached hydrogen (secondary N) is 1. The molecule has 0 saturated carbocycles. The zero-order valence-corrected chi connectivity index (χ0v) is 9.57. The lowest BCUT2D eigenvalue weighted by atomic mass is 9.82. The zero-order valence-electron chi connectivity index (χ0n) is 9.57. The van der Waals surface area contributed by atoms with E-state index < -0.39 is 11.6 Å². The highest BCUT2D eigenvalue weighted by Crippen LogP contribution is 2.33. The van der Waals surface area contributed by atoms with Crippen LogP contribution >= 0.6 is 0 Å². The number of hydrogen-bond acceptors (Lipinski definition) is 1. The van der Waals surface area contributed by atoms with Crippen molar-refractivity contribution >= 4 is 0 Å². The van der Waals surface area contributed by atoms with Gasteiger partial charge in [0.25, 0.3) is 0 Å². The molecule has 0 aliphatic rings. The summed E-state index contributed by atoms with van der Waals surface area (Å²) in [6.45, 7) is 6.03. The van der Waals surface area contributed by atoms with Gasteiger partial charge in [0.15, 0.2) is 0 Å². The van der Waals surface area contributed by atoms with Gasteiger partial charge in [-0.3, -0.25) is 0 Å². The highest BCUT2D eigenvalue weighted by molar-refractivity contribution is 5.23. The number of hydrogen-bond donors (Lipinski definition) is 1. The van der Waals surface area contributed by atoms with E-state index in [9.17, 15) is 8.78 Å². The van der Waals surface area contributed by atoms with Gasteiger partial charge in [0.1, 0.15) is 11.6 Å². The van der Waals surface area contributed by atoms with E-state index in [4.69, 9.17) is 0 Å². The molecule has 0 saturated heterocycles. The van der Waals surface area contributed by atoms with E-state index >= 15 is 0 Å². The van der Waals surface area contributed by atoms with Crippen molar-refractivity contribution < 1.29 is 8.78 Å². The van der Waals surface area contributed by atoms with Crippen LogP contribution in [-0.2, 0) is 0 Å². The Bertz CT molecular complexity index is 342. The summed E-state index contributed by atoms with van der Waals surface area (Å²) in [6, 6.07) is 3.58. The van der Waals surface area contributed by atoms with Crippen molar-refractivity contribution in [2.45, 2.75) is 26.8 Å². The van der Waals surface area contributed by atoms with Crippen molar-refractivity contribution in [1.29, 1.82) is 0 Å². The van der Waals surface area contributed by atoms with Crippen LogP contribution in [0.4, 0.5) is 8.78 Å². The molecule has 3 heteroatoms. The Morgan fingerprint density at radius 1 is 1.20 bits per heavy atom. The molecule has 0 spiro atoms. The van der Waals surface area contributed by atoms with Gasteiger partial charge < -0.3 is 5.32 Å². The second-order valence-electron chi connectivity index (χ2n) is 4.75. The van der Waals surface area contributed by atoms with Crippen LogP contribution in [0.15, 0.2) is 18.2 Å². The van der Waals surface area contributed by atoms with Crippen LogP contribution in [0.5, 0.6) is 0 Å². The molecule has 1 aromatic carbocycles. The van der Waals surface area contributed by atoms with Gasteiger partial charge in [-0.05, 0) is 18.5 Å². The van der Waals surface area contributed by atoms with Gasteiger partial charge in [0, 0.05) is 17.7 Å². The number of benzene rings is 1. The van der Waals surface area contributed by atoms with Gasteiger partial charge in [0.05, 0.1) is 0 Å². The largest absolute Gasteiger partial charge is 0.312 e. The van der Waals surface area contributed by atoms with E-state index in [0.717, 1.165) is 6.07 Å². The Labute approximate surface area is 89.5 Å². The fourth-order valence-electron chi connectivity index (χ4n) is 1.79. The lowest BCUT2D eigenvalue weighted by molar-refractivity contribution is 0.279. The average Bonchev–Trinajstić information content (AvgIpc) is 2.07. The Morgan fingerprint density at radius 3 is 2.20 bits per heavy atom. The van der Waals surface area contributed by atoms with E-state index in [1.165, 1.54) is 12.1 Å². The first-order valence-corrected chi connectivity index (χ1v) is 4.98. The van der Waals surface area contributed by atoms with Crippen molar-refractivity contribution in [2.24, 2.45) is 5.41 Å². The fourth-order valence-corrected chi connectivity index (χ4v) is 1.79. The molecule has 1 nitrogen and oxygen atoms in total. The molecule has 0 aliphatic carbocycles. The van der Waals surface area contributed by atoms with E-state index in [1.807, 2.05) is 20.8 Å². The minimum atomic E-state index is -0.542. The second-order valence-corrected chi connectivity index (χ2v) is 4.75. The molecular formula is C12H17F2N. The van der Waals surface area contributed by atoms with Gasteiger partial charge >= 0.3 is 0 Å². The van der Waals surface area contributed by atoms with Crippen LogP contribution in [0.2, 0.25) is 0 Å². The maximum Gasteiger partial charge on any atom is 0.130 e. The molecule has 1 unspecified atom stereocenters. The first kappa shape index (κ1) is 12.1. The predicted molar refractivity (Wildman–Crippen MR) is 57.6 cm³/mol. The van der Waals surface area contributed by atoms with Gasteiger partial charge in [-0.25, -0.2) is 8.78 Å². The Balaban J connectivity index is 3.13. The van der Waals surface area contributed by atoms with Gasteiger partial charge in [-0.1, -0.05) is 26.8 Å². The molecule has 0 radical (unpaired) electrons. The Hall–Kier alpha value is -0.960. The smallest absolute Gasteiger partial charge is 0.130 e. The first-order valence-electron chi connectivity index (χ1n) is 4.98. The second kappa shape index (κ2) is 4.27. The molecule has 0 heterocycles. The molecule has 1 aromatic rings. The topological polar surface area (TPSA) is 12.0 Å². The van der Waals surface area contributed by atoms with Crippen molar-refractivity contribution in [3.63, 3.8) is 0 Å². The Kier molecular flexibility index (Phi) is 3.45. The number of halogens is 2. The highest BCUT2D eigenvalue weighted by Gasteiger charge is 2.26. The quantitative estimate of drug-likeness (QED) is 0.795. The van der Waals surface area contributed by atoms with Crippen LogP contribution in [0.1, 0.15) is 32.4 Å². The van der Waals surface area contributed by atoms with Crippen LogP contribution in [-0.4, -0.2) is 7.05 Å². The summed E-state index contributed by atoms with van der Waals surface area (Å²) in [5, 5.41) is 3.06. The SMILES string of the molecule is CNC(c1ccc(F)cc1F)C(C)(C)C. The van der Waals surface area contributed by atoms with Crippen LogP contribution in [0.25, 0.3) is 0 Å². The van der Waals surface area contributed by atoms with Crippen LogP contribution in [0, 0.1) is 17.0 Å². The lowest BCUT2D eigenvalue weighted by Gasteiger charge is -2.31. The van der Waals surface area contributed by atoms with Crippen molar-refractivity contribution in [3.8, 4) is 0 Å². The van der Waals surface area contributed by atoms with Crippen molar-refractivity contribution in [3.05, 3.63) is 35.4 Å². The third-order valence-corrected chi connectivity index (χ3v) is 2.43. The molecule has 1 atom stereocenters. The third kappa shape index (κ3) is 2.75. The predicted octanol–water partition coefficient (Wildman–Crippen LogP) is 3.27. The minimum absolute atomic E-state index is 0.118. The summed E-state index contributed by atoms with van der Waals surface area (Å²) in [6.07, 6.45) is 0. The molecule has 0 fully saturated rings. The van der Waals surface area contributed by atoms with Crippen molar-refractivity contribution in [1.82, 2.24) is 5.32 Å². The minimum Gasteiger partial charge on any atom is -0.312 e. The fraction of sp³-hybridized carbons (Fsp3) is 0.500. The molecular weight excluding hydrogens is 196 g/mol. The molecule has 0 aromatic heterocycles. The summed E-state index contributed by atoms with van der Waals surface area (Å²) in [4.78, 5) is 0. The van der Waals surface area contributed by atoms with Gasteiger partial charge in [0.2, 0.25) is 0 Å². The first-order chi connectivity index (χ1) is 6.86. The average molecular weight is 213 g/mol. The maximum atomic E-state index is 13.5. The standard InChI is InChI=1S/C12H17F2N/c1-12(2,3)11(15-4)9-6-5-8(13)7-10(9)14/h5-7,11,15H,1-4H3. The van der Waals surface area contributed by atoms with Gasteiger partial charge in [-0.15, -0.1) is 0 Å². The molecule has 1 N–H and O–H groups in total. The summed E-state index contributed by atoms with van der Waals surface area (Å²) >= 11 is 0. The van der Waals surface area contributed by atoms with Crippen LogP contribution in [0.3, 0.4) is 0 Å². The Morgan fingerprint density at radius 2 is 1.80 bits per heavy atom. The normalized spacial score (nSPS) is 14.0. The summed E-state index contributed by atoms with van der Waals surface area (Å²) in [5.74, 6) is -1.04. The lowest BCUT2D eigenvalue weighted by Crippen LogP contribution is -2.30. The van der Waals surface area contributed by atoms with Crippen molar-refractivity contribution in [2.75, 3.05) is 7.05 Å². The van der Waals surface area contributed by atoms with Crippen LogP contribution < -0.4 is 5.32 Å². The summed E-state index contributed by atoms with van der Waals surface area (Å²) < 4.78 is 26.3.